The van der Waals surface area contributed by atoms with Gasteiger partial charge in [-0.1, -0.05) is 58.2 Å². The number of ether oxygens (including phenoxy) is 1. The smallest absolute Gasteiger partial charge is 0.126 e. The van der Waals surface area contributed by atoms with Gasteiger partial charge in [0.25, 0.3) is 0 Å². The number of Topliss-reactive ketones (excluding diaryl/α,β-unsaturated/α-hetero) is 1. The zero-order valence-corrected chi connectivity index (χ0v) is 14.5. The maximum Gasteiger partial charge on any atom is 0.126 e. The highest BCUT2D eigenvalue weighted by molar-refractivity contribution is 5.72. The van der Waals surface area contributed by atoms with Crippen molar-refractivity contribution in [2.45, 2.75) is 54.6 Å². The summed E-state index contributed by atoms with van der Waals surface area (Å²) in [7, 11) is 0. The van der Waals surface area contributed by atoms with E-state index in [0.717, 1.165) is 17.7 Å². The van der Waals surface area contributed by atoms with Crippen LogP contribution in [0, 0.1) is 0 Å². The number of carbonyl (C=O) groups excluding carboxylic acids is 1. The average molecular weight is 290 g/mol. The second-order valence-electron chi connectivity index (χ2n) is 4.44. The van der Waals surface area contributed by atoms with Crippen molar-refractivity contribution < 1.29 is 9.53 Å². The Labute approximate surface area is 130 Å². The van der Waals surface area contributed by atoms with Crippen LogP contribution in [0.3, 0.4) is 0 Å². The molecule has 0 bridgehead atoms. The number of allylic oxidation sites excluding steroid dienone is 1. The summed E-state index contributed by atoms with van der Waals surface area (Å²) in [5.74, 6) is 0.913. The molecule has 0 saturated heterocycles. The molecule has 0 fully saturated rings. The van der Waals surface area contributed by atoms with E-state index in [-0.39, 0.29) is 5.78 Å². The summed E-state index contributed by atoms with van der Waals surface area (Å²) in [5, 5.41) is 0. The van der Waals surface area contributed by atoms with Crippen LogP contribution >= 0.6 is 0 Å². The van der Waals surface area contributed by atoms with Gasteiger partial charge in [-0.25, -0.2) is 0 Å². The molecule has 0 N–H and O–H groups in total. The lowest BCUT2D eigenvalue weighted by Crippen LogP contribution is -1.98. The van der Waals surface area contributed by atoms with Crippen LogP contribution in [-0.2, 0) is 22.6 Å². The molecule has 0 spiro atoms. The third kappa shape index (κ3) is 10.6. The van der Waals surface area contributed by atoms with E-state index in [2.05, 4.69) is 38.3 Å². The van der Waals surface area contributed by atoms with Gasteiger partial charge in [0.15, 0.2) is 0 Å². The molecule has 0 saturated carbocycles. The van der Waals surface area contributed by atoms with Crippen LogP contribution in [-0.4, -0.2) is 5.78 Å². The molecular weight excluding hydrogens is 260 g/mol. The third-order valence-electron chi connectivity index (χ3n) is 2.37. The van der Waals surface area contributed by atoms with E-state index in [1.807, 2.05) is 26.8 Å². The van der Waals surface area contributed by atoms with Gasteiger partial charge in [0, 0.05) is 0 Å². The van der Waals surface area contributed by atoms with Crippen molar-refractivity contribution in [1.29, 1.82) is 0 Å². The fourth-order valence-electron chi connectivity index (χ4n) is 1.55. The first kappa shape index (κ1) is 21.5. The lowest BCUT2D eigenvalue weighted by molar-refractivity contribution is -0.114. The molecule has 0 atom stereocenters. The Hall–Kier alpha value is -1.83. The van der Waals surface area contributed by atoms with Crippen LogP contribution in [0.5, 0.6) is 0 Å². The van der Waals surface area contributed by atoms with Crippen molar-refractivity contribution in [3.8, 4) is 0 Å². The minimum Gasteiger partial charge on any atom is -0.494 e. The second kappa shape index (κ2) is 13.2. The molecule has 0 heterocycles. The summed E-state index contributed by atoms with van der Waals surface area (Å²) >= 11 is 0. The van der Waals surface area contributed by atoms with Gasteiger partial charge < -0.3 is 9.53 Å². The Kier molecular flexibility index (Phi) is 13.5. The normalized spacial score (nSPS) is 8.48. The SMILES string of the molecule is C=Cc1cccc(CC)c1COC(=C)C.CC.CC(C)=O. The third-order valence-corrected chi connectivity index (χ3v) is 2.37. The van der Waals surface area contributed by atoms with E-state index in [1.54, 1.807) is 0 Å². The summed E-state index contributed by atoms with van der Waals surface area (Å²) in [5.41, 5.74) is 3.68. The number of aryl methyl sites for hydroxylation is 1. The first-order valence-corrected chi connectivity index (χ1v) is 7.41. The van der Waals surface area contributed by atoms with E-state index in [0.29, 0.717) is 6.61 Å². The van der Waals surface area contributed by atoms with E-state index >= 15 is 0 Å². The van der Waals surface area contributed by atoms with Crippen LogP contribution in [0.25, 0.3) is 6.08 Å². The van der Waals surface area contributed by atoms with Gasteiger partial charge in [0.2, 0.25) is 0 Å². The Bertz CT molecular complexity index is 441. The van der Waals surface area contributed by atoms with Gasteiger partial charge in [0.1, 0.15) is 12.4 Å². The maximum atomic E-state index is 9.44. The molecule has 0 aliphatic heterocycles. The Morgan fingerprint density at radius 2 is 1.76 bits per heavy atom. The molecule has 1 rings (SSSR count). The number of ketones is 1. The molecule has 118 valence electrons. The highest BCUT2D eigenvalue weighted by atomic mass is 16.5. The molecule has 2 heteroatoms. The molecule has 0 aromatic heterocycles. The van der Waals surface area contributed by atoms with Crippen LogP contribution in [0.4, 0.5) is 0 Å². The van der Waals surface area contributed by atoms with E-state index in [9.17, 15) is 4.79 Å². The summed E-state index contributed by atoms with van der Waals surface area (Å²) in [4.78, 5) is 9.44. The van der Waals surface area contributed by atoms with Crippen LogP contribution in [0.15, 0.2) is 37.1 Å². The summed E-state index contributed by atoms with van der Waals surface area (Å²) in [6, 6.07) is 6.24. The van der Waals surface area contributed by atoms with Crippen LogP contribution in [0.1, 0.15) is 58.2 Å². The van der Waals surface area contributed by atoms with Gasteiger partial charge >= 0.3 is 0 Å². The fraction of sp³-hybridized carbons (Fsp3) is 0.421. The monoisotopic (exact) mass is 290 g/mol. The van der Waals surface area contributed by atoms with Crippen LogP contribution < -0.4 is 0 Å². The average Bonchev–Trinajstić information content (AvgIpc) is 2.46. The quantitative estimate of drug-likeness (QED) is 0.663. The lowest BCUT2D eigenvalue weighted by Gasteiger charge is -2.12. The predicted octanol–water partition coefficient (Wildman–Crippen LogP) is 5.56. The predicted molar refractivity (Wildman–Crippen MR) is 93.2 cm³/mol. The number of benzene rings is 1. The molecule has 2 nitrogen and oxygen atoms in total. The Balaban J connectivity index is 0. The summed E-state index contributed by atoms with van der Waals surface area (Å²) < 4.78 is 5.47. The molecule has 1 aromatic rings. The van der Waals surface area contributed by atoms with E-state index in [1.165, 1.54) is 25.0 Å². The number of hydrogen-bond acceptors (Lipinski definition) is 2. The summed E-state index contributed by atoms with van der Waals surface area (Å²) in [6.45, 7) is 19.2. The van der Waals surface area contributed by atoms with Crippen molar-refractivity contribution in [2.24, 2.45) is 0 Å². The number of rotatable bonds is 5. The highest BCUT2D eigenvalue weighted by Gasteiger charge is 2.05. The first-order chi connectivity index (χ1) is 9.92. The van der Waals surface area contributed by atoms with Crippen LogP contribution in [0.2, 0.25) is 0 Å². The van der Waals surface area contributed by atoms with E-state index in [4.69, 9.17) is 4.74 Å². The number of hydrogen-bond donors (Lipinski definition) is 0. The molecule has 1 aromatic carbocycles. The largest absolute Gasteiger partial charge is 0.494 e. The molecule has 0 unspecified atom stereocenters. The second-order valence-corrected chi connectivity index (χ2v) is 4.44. The van der Waals surface area contributed by atoms with Gasteiger partial charge in [-0.15, -0.1) is 0 Å². The highest BCUT2D eigenvalue weighted by Crippen LogP contribution is 2.18. The summed E-state index contributed by atoms with van der Waals surface area (Å²) in [6.07, 6.45) is 2.88. The molecule has 21 heavy (non-hydrogen) atoms. The van der Waals surface area contributed by atoms with Crippen molar-refractivity contribution >= 4 is 11.9 Å². The van der Waals surface area contributed by atoms with Crippen molar-refractivity contribution in [3.05, 3.63) is 53.8 Å². The van der Waals surface area contributed by atoms with Gasteiger partial charge in [-0.3, -0.25) is 0 Å². The topological polar surface area (TPSA) is 26.3 Å². The van der Waals surface area contributed by atoms with Crippen molar-refractivity contribution in [2.75, 3.05) is 0 Å². The Morgan fingerprint density at radius 1 is 1.24 bits per heavy atom. The van der Waals surface area contributed by atoms with Gasteiger partial charge in [-0.05, 0) is 43.9 Å². The molecule has 0 aliphatic carbocycles. The lowest BCUT2D eigenvalue weighted by atomic mass is 10.00. The fourth-order valence-corrected chi connectivity index (χ4v) is 1.55. The molecule has 0 amide bonds. The van der Waals surface area contributed by atoms with Gasteiger partial charge in [-0.2, -0.15) is 0 Å². The molecule has 0 aliphatic rings. The minimum absolute atomic E-state index is 0.167. The first-order valence-electron chi connectivity index (χ1n) is 7.41. The number of carbonyl (C=O) groups is 1. The zero-order chi connectivity index (χ0) is 16.8. The van der Waals surface area contributed by atoms with Gasteiger partial charge in [0.05, 0.1) is 5.76 Å². The maximum absolute atomic E-state index is 9.44. The Morgan fingerprint density at radius 3 is 2.14 bits per heavy atom. The van der Waals surface area contributed by atoms with E-state index < -0.39 is 0 Å². The minimum atomic E-state index is 0.167. The molecular formula is C19H30O2. The van der Waals surface area contributed by atoms with Crippen molar-refractivity contribution in [1.82, 2.24) is 0 Å². The van der Waals surface area contributed by atoms with Crippen molar-refractivity contribution in [3.63, 3.8) is 0 Å². The molecule has 0 radical (unpaired) electrons. The standard InChI is InChI=1S/C14H18O.C3H6O.C2H6/c1-5-12-8-7-9-13(6-2)14(12)10-15-11(3)4;1-3(2)4;1-2/h5,7-9H,1,3,6,10H2,2,4H3;1-2H3;1-2H3. The zero-order valence-electron chi connectivity index (χ0n) is 14.5.